The van der Waals surface area contributed by atoms with Crippen LogP contribution in [0.15, 0.2) is 30.3 Å². The van der Waals surface area contributed by atoms with Gasteiger partial charge in [0.15, 0.2) is 6.10 Å². The molecule has 1 amide bonds. The summed E-state index contributed by atoms with van der Waals surface area (Å²) in [6, 6.07) is 7.22. The Hall–Kier alpha value is -2.13. The molecule has 0 heterocycles. The van der Waals surface area contributed by atoms with Gasteiger partial charge in [-0.25, -0.2) is 9.59 Å². The molecule has 0 saturated carbocycles. The second kappa shape index (κ2) is 8.91. The van der Waals surface area contributed by atoms with Gasteiger partial charge >= 0.3 is 12.1 Å². The molecule has 0 aliphatic rings. The number of nitrogens with one attached hydrogen (secondary N) is 1. The molecule has 0 spiro atoms. The Labute approximate surface area is 166 Å². The number of ether oxygens (including phenoxy) is 2. The molecule has 0 saturated heterocycles. The molecule has 1 rings (SSSR count). The van der Waals surface area contributed by atoms with Crippen molar-refractivity contribution in [2.24, 2.45) is 0 Å². The van der Waals surface area contributed by atoms with Crippen molar-refractivity contribution >= 4 is 22.2 Å². The standard InChI is InChI=1S/C19H29NO7S/c1-18(2,3)25-16(21)15(27-28(7,23)24)14(13-11-9-8-10-12-13)20-17(22)26-19(4,5)6/h8-12,14-15H,1-7H3,(H,20,22)/t14-,15-/m1/s1. The van der Waals surface area contributed by atoms with E-state index >= 15 is 0 Å². The molecule has 1 aromatic rings. The highest BCUT2D eigenvalue weighted by molar-refractivity contribution is 7.86. The Morgan fingerprint density at radius 2 is 1.43 bits per heavy atom. The van der Waals surface area contributed by atoms with Crippen LogP contribution in [0.25, 0.3) is 0 Å². The number of benzene rings is 1. The first kappa shape index (κ1) is 23.9. The maximum absolute atomic E-state index is 12.7. The van der Waals surface area contributed by atoms with Crippen LogP contribution in [0.1, 0.15) is 53.1 Å². The summed E-state index contributed by atoms with van der Waals surface area (Å²) in [5.41, 5.74) is -1.22. The molecule has 0 aliphatic carbocycles. The fraction of sp³-hybridized carbons (Fsp3) is 0.579. The molecule has 0 unspecified atom stereocenters. The molecular formula is C19H29NO7S. The largest absolute Gasteiger partial charge is 0.458 e. The molecule has 158 valence electrons. The average Bonchev–Trinajstić information content (AvgIpc) is 2.47. The first-order valence-electron chi connectivity index (χ1n) is 8.73. The topological polar surface area (TPSA) is 108 Å². The minimum atomic E-state index is -4.04. The molecule has 28 heavy (non-hydrogen) atoms. The fourth-order valence-corrected chi connectivity index (χ4v) is 2.77. The zero-order chi connectivity index (χ0) is 21.8. The van der Waals surface area contributed by atoms with Crippen molar-refractivity contribution < 1.29 is 31.7 Å². The van der Waals surface area contributed by atoms with E-state index in [9.17, 15) is 18.0 Å². The third kappa shape index (κ3) is 9.18. The van der Waals surface area contributed by atoms with Crippen molar-refractivity contribution in [2.45, 2.75) is 64.9 Å². The second-order valence-corrected chi connectivity index (χ2v) is 9.89. The van der Waals surface area contributed by atoms with Crippen molar-refractivity contribution in [1.82, 2.24) is 5.32 Å². The van der Waals surface area contributed by atoms with E-state index < -0.39 is 45.5 Å². The molecule has 0 bridgehead atoms. The lowest BCUT2D eigenvalue weighted by atomic mass is 10.0. The molecule has 0 aliphatic heterocycles. The number of esters is 1. The van der Waals surface area contributed by atoms with Crippen LogP contribution in [-0.4, -0.2) is 44.0 Å². The van der Waals surface area contributed by atoms with Crippen LogP contribution in [-0.2, 0) is 28.6 Å². The van der Waals surface area contributed by atoms with Gasteiger partial charge in [0.25, 0.3) is 10.1 Å². The predicted octanol–water partition coefficient (Wildman–Crippen LogP) is 2.94. The van der Waals surface area contributed by atoms with E-state index in [1.165, 1.54) is 0 Å². The minimum Gasteiger partial charge on any atom is -0.458 e. The van der Waals surface area contributed by atoms with Crippen molar-refractivity contribution in [3.63, 3.8) is 0 Å². The van der Waals surface area contributed by atoms with Gasteiger partial charge in [-0.2, -0.15) is 8.42 Å². The molecule has 0 fully saturated rings. The zero-order valence-corrected chi connectivity index (χ0v) is 18.1. The van der Waals surface area contributed by atoms with Gasteiger partial charge in [0.2, 0.25) is 0 Å². The lowest BCUT2D eigenvalue weighted by Crippen LogP contribution is -2.46. The van der Waals surface area contributed by atoms with E-state index in [0.717, 1.165) is 6.26 Å². The number of rotatable bonds is 6. The highest BCUT2D eigenvalue weighted by Crippen LogP contribution is 2.24. The average molecular weight is 416 g/mol. The van der Waals surface area contributed by atoms with Crippen LogP contribution in [0.5, 0.6) is 0 Å². The highest BCUT2D eigenvalue weighted by Gasteiger charge is 2.38. The van der Waals surface area contributed by atoms with Gasteiger partial charge in [0.05, 0.1) is 12.3 Å². The minimum absolute atomic E-state index is 0.452. The molecule has 0 radical (unpaired) electrons. The van der Waals surface area contributed by atoms with E-state index in [0.29, 0.717) is 5.56 Å². The van der Waals surface area contributed by atoms with E-state index in [-0.39, 0.29) is 0 Å². The Bertz CT molecular complexity index is 777. The van der Waals surface area contributed by atoms with E-state index in [1.807, 2.05) is 0 Å². The summed E-state index contributed by atoms with van der Waals surface area (Å²) < 4.78 is 39.2. The van der Waals surface area contributed by atoms with Crippen LogP contribution in [0, 0.1) is 0 Å². The first-order chi connectivity index (χ1) is 12.6. The van der Waals surface area contributed by atoms with Gasteiger partial charge in [-0.05, 0) is 47.1 Å². The molecule has 1 aromatic carbocycles. The zero-order valence-electron chi connectivity index (χ0n) is 17.3. The molecule has 9 heteroatoms. The van der Waals surface area contributed by atoms with Crippen molar-refractivity contribution in [3.8, 4) is 0 Å². The summed E-state index contributed by atoms with van der Waals surface area (Å²) in [7, 11) is -4.04. The van der Waals surface area contributed by atoms with Gasteiger partial charge in [-0.15, -0.1) is 0 Å². The number of hydrogen-bond acceptors (Lipinski definition) is 7. The lowest BCUT2D eigenvalue weighted by molar-refractivity contribution is -0.164. The van der Waals surface area contributed by atoms with Crippen LogP contribution >= 0.6 is 0 Å². The highest BCUT2D eigenvalue weighted by atomic mass is 32.2. The normalized spacial score (nSPS) is 14.7. The van der Waals surface area contributed by atoms with Gasteiger partial charge < -0.3 is 14.8 Å². The number of carbonyl (C=O) groups is 2. The lowest BCUT2D eigenvalue weighted by Gasteiger charge is -2.30. The first-order valence-corrected chi connectivity index (χ1v) is 10.5. The molecule has 2 atom stereocenters. The number of hydrogen-bond donors (Lipinski definition) is 1. The Morgan fingerprint density at radius 1 is 0.929 bits per heavy atom. The smallest absolute Gasteiger partial charge is 0.408 e. The van der Waals surface area contributed by atoms with Crippen molar-refractivity contribution in [1.29, 1.82) is 0 Å². The summed E-state index contributed by atoms with van der Waals surface area (Å²) in [6.07, 6.45) is -1.64. The Balaban J connectivity index is 3.33. The van der Waals surface area contributed by atoms with Gasteiger partial charge in [-0.1, -0.05) is 30.3 Å². The van der Waals surface area contributed by atoms with E-state index in [2.05, 4.69) is 5.32 Å². The van der Waals surface area contributed by atoms with Crippen molar-refractivity contribution in [2.75, 3.05) is 6.26 Å². The van der Waals surface area contributed by atoms with Crippen molar-refractivity contribution in [3.05, 3.63) is 35.9 Å². The van der Waals surface area contributed by atoms with Crippen LogP contribution in [0.2, 0.25) is 0 Å². The summed E-state index contributed by atoms with van der Waals surface area (Å²) in [5, 5.41) is 2.53. The maximum atomic E-state index is 12.7. The summed E-state index contributed by atoms with van der Waals surface area (Å²) in [4.78, 5) is 25.0. The van der Waals surface area contributed by atoms with Gasteiger partial charge in [-0.3, -0.25) is 4.18 Å². The van der Waals surface area contributed by atoms with E-state index in [4.69, 9.17) is 13.7 Å². The quantitative estimate of drug-likeness (QED) is 0.562. The third-order valence-corrected chi connectivity index (χ3v) is 3.61. The number of alkyl carbamates (subject to hydrolysis) is 1. The molecular weight excluding hydrogens is 386 g/mol. The van der Waals surface area contributed by atoms with Crippen LogP contribution < -0.4 is 5.32 Å². The maximum Gasteiger partial charge on any atom is 0.408 e. The SMILES string of the molecule is CC(C)(C)OC(=O)N[C@H](c1ccccc1)[C@@H](OS(C)(=O)=O)C(=O)OC(C)(C)C. The summed E-state index contributed by atoms with van der Waals surface area (Å²) in [5.74, 6) is -0.928. The van der Waals surface area contributed by atoms with Gasteiger partial charge in [0, 0.05) is 0 Å². The molecule has 0 aromatic heterocycles. The number of carbonyl (C=O) groups excluding carboxylic acids is 2. The Kier molecular flexibility index (Phi) is 7.61. The van der Waals surface area contributed by atoms with Crippen LogP contribution in [0.4, 0.5) is 4.79 Å². The predicted molar refractivity (Wildman–Crippen MR) is 104 cm³/mol. The Morgan fingerprint density at radius 3 is 1.86 bits per heavy atom. The molecule has 1 N–H and O–H groups in total. The monoisotopic (exact) mass is 415 g/mol. The second-order valence-electron chi connectivity index (χ2n) is 8.29. The summed E-state index contributed by atoms with van der Waals surface area (Å²) in [6.45, 7) is 9.97. The fourth-order valence-electron chi connectivity index (χ4n) is 2.21. The number of amides is 1. The van der Waals surface area contributed by atoms with Crippen LogP contribution in [0.3, 0.4) is 0 Å². The van der Waals surface area contributed by atoms with Gasteiger partial charge in [0.1, 0.15) is 11.2 Å². The van der Waals surface area contributed by atoms with E-state index in [1.54, 1.807) is 71.9 Å². The molecule has 8 nitrogen and oxygen atoms in total. The third-order valence-electron chi connectivity index (χ3n) is 3.05. The summed E-state index contributed by atoms with van der Waals surface area (Å²) >= 11 is 0.